The third-order valence-corrected chi connectivity index (χ3v) is 17.4. The molecule has 6 N–H and O–H groups in total. The highest BCUT2D eigenvalue weighted by Gasteiger charge is 2.44. The third-order valence-electron chi connectivity index (χ3n) is 15.8. The summed E-state index contributed by atoms with van der Waals surface area (Å²) in [4.78, 5) is 26.4. The SMILES string of the molecule is C=C(C)C(=O)NCCCNCc1c2ccccc2c(CNCCCNC(=O)C(=C)C)c2cc(-c3ccc(C#CC(=C\C=C4/N(CCCS(=O)(=O)O)c5ccccc5C4(C)C)/C=C/C4=[N+](CCCS(=O)(=O)O)c5ccccc5C4(C)C)cc3)ccc12. The first-order chi connectivity index (χ1) is 40.4. The monoisotopic (exact) mass is 1180 g/mol. The molecule has 0 aromatic heterocycles. The lowest BCUT2D eigenvalue weighted by Gasteiger charge is -2.27. The van der Waals surface area contributed by atoms with E-state index < -0.39 is 31.1 Å². The van der Waals surface area contributed by atoms with Gasteiger partial charge in [0.15, 0.2) is 5.71 Å². The second-order valence-electron chi connectivity index (χ2n) is 23.0. The van der Waals surface area contributed by atoms with Crippen molar-refractivity contribution < 1.29 is 40.1 Å². The topological polar surface area (TPSA) is 197 Å². The largest absolute Gasteiger partial charge is 0.352 e. The highest BCUT2D eigenvalue weighted by molar-refractivity contribution is 7.86. The van der Waals surface area contributed by atoms with E-state index in [0.717, 1.165) is 85.0 Å². The zero-order chi connectivity index (χ0) is 61.1. The molecule has 0 unspecified atom stereocenters. The van der Waals surface area contributed by atoms with Gasteiger partial charge in [-0.15, -0.1) is 0 Å². The first kappa shape index (κ1) is 63.3. The molecule has 6 aromatic carbocycles. The van der Waals surface area contributed by atoms with Crippen LogP contribution in [0.3, 0.4) is 0 Å². The molecule has 0 saturated carbocycles. The number of para-hydroxylation sites is 2. The Morgan fingerprint density at radius 2 is 1.18 bits per heavy atom. The van der Waals surface area contributed by atoms with E-state index in [1.54, 1.807) is 13.8 Å². The van der Waals surface area contributed by atoms with Crippen molar-refractivity contribution >= 4 is 70.7 Å². The number of nitrogens with one attached hydrogen (secondary N) is 4. The van der Waals surface area contributed by atoms with Gasteiger partial charge in [-0.3, -0.25) is 18.7 Å². The lowest BCUT2D eigenvalue weighted by Crippen LogP contribution is -2.28. The number of carbonyl (C=O) groups excluding carboxylic acids is 2. The zero-order valence-corrected chi connectivity index (χ0v) is 51.3. The van der Waals surface area contributed by atoms with Gasteiger partial charge in [-0.25, -0.2) is 0 Å². The Morgan fingerprint density at radius 1 is 0.635 bits per heavy atom. The van der Waals surface area contributed by atoms with Crippen LogP contribution in [0.25, 0.3) is 32.7 Å². The number of benzene rings is 6. The van der Waals surface area contributed by atoms with E-state index in [0.29, 0.717) is 69.1 Å². The summed E-state index contributed by atoms with van der Waals surface area (Å²) in [6.45, 7) is 23.8. The van der Waals surface area contributed by atoms with Gasteiger partial charge in [-0.05, 0) is 152 Å². The summed E-state index contributed by atoms with van der Waals surface area (Å²) in [6, 6.07) is 39.5. The van der Waals surface area contributed by atoms with Crippen LogP contribution in [0.15, 0.2) is 175 Å². The molecular weight excluding hydrogens is 1100 g/mol. The Labute approximate surface area is 502 Å². The number of rotatable bonds is 26. The molecule has 444 valence electrons. The Kier molecular flexibility index (Phi) is 20.5. The molecule has 2 heterocycles. The molecule has 0 radical (unpaired) electrons. The molecule has 0 atom stereocenters. The van der Waals surface area contributed by atoms with Crippen LogP contribution in [0.1, 0.15) is 95.0 Å². The summed E-state index contributed by atoms with van der Waals surface area (Å²) in [6.07, 6.45) is 9.97. The van der Waals surface area contributed by atoms with Gasteiger partial charge in [0, 0.05) is 95.9 Å². The molecule has 2 amide bonds. The molecule has 6 aromatic rings. The Hall–Kier alpha value is -7.75. The van der Waals surface area contributed by atoms with Gasteiger partial charge in [0.1, 0.15) is 6.54 Å². The summed E-state index contributed by atoms with van der Waals surface area (Å²) in [7, 11) is -8.36. The van der Waals surface area contributed by atoms with E-state index in [4.69, 9.17) is 0 Å². The second kappa shape index (κ2) is 27.5. The first-order valence-electron chi connectivity index (χ1n) is 28.9. The van der Waals surface area contributed by atoms with Gasteiger partial charge < -0.3 is 26.2 Å². The standard InChI is InChI=1S/C69H78N6O8S2/c1-48(2)66(76)72-39-15-37-70-46-58-54-19-9-10-20-55(54)59(47-71-38-16-40-73-67(77)49(3)4)57-45-53(33-34-56(57)58)52-31-27-50(28-32-52)25-26-51(29-35-64-68(5,6)60-21-11-13-23-62(60)74(64)41-17-43-84(78,79)80)30-36-65-69(7,8)61-22-12-14-24-63(61)75(65)42-18-44-85(81,82)83/h9-14,19-24,27-36,45,70-71H,1,3,15-18,37-44,46-47H2,2,4-8H3,(H3-,72,73,76,77,78,79,80,81,82,83)/p+1. The summed E-state index contributed by atoms with van der Waals surface area (Å²) < 4.78 is 68.9. The van der Waals surface area contributed by atoms with Crippen molar-refractivity contribution in [3.05, 3.63) is 203 Å². The second-order valence-corrected chi connectivity index (χ2v) is 26.1. The van der Waals surface area contributed by atoms with Crippen LogP contribution in [0.2, 0.25) is 0 Å². The van der Waals surface area contributed by atoms with Crippen LogP contribution >= 0.6 is 0 Å². The number of fused-ring (bicyclic) bond motifs is 4. The normalized spacial score (nSPS) is 15.1. The van der Waals surface area contributed by atoms with Crippen molar-refractivity contribution in [2.45, 2.75) is 91.1 Å². The van der Waals surface area contributed by atoms with Crippen LogP contribution in [0.5, 0.6) is 0 Å². The Balaban J connectivity index is 1.15. The van der Waals surface area contributed by atoms with Crippen LogP contribution in [0.4, 0.5) is 11.4 Å². The average molecular weight is 1180 g/mol. The fraction of sp³-hybridized carbons (Fsp3) is 0.319. The minimum atomic E-state index is -4.18. The summed E-state index contributed by atoms with van der Waals surface area (Å²) >= 11 is 0. The smallest absolute Gasteiger partial charge is 0.265 e. The first-order valence-corrected chi connectivity index (χ1v) is 32.2. The molecule has 8 rings (SSSR count). The van der Waals surface area contributed by atoms with Crippen molar-refractivity contribution in [2.75, 3.05) is 55.7 Å². The van der Waals surface area contributed by atoms with Crippen LogP contribution in [-0.4, -0.2) is 98.8 Å². The van der Waals surface area contributed by atoms with Gasteiger partial charge in [0.05, 0.1) is 16.9 Å². The van der Waals surface area contributed by atoms with Gasteiger partial charge in [0.2, 0.25) is 17.5 Å². The van der Waals surface area contributed by atoms with Crippen LogP contribution in [0, 0.1) is 11.8 Å². The molecule has 2 aliphatic heterocycles. The van der Waals surface area contributed by atoms with E-state index in [-0.39, 0.29) is 36.2 Å². The predicted molar refractivity (Wildman–Crippen MR) is 346 cm³/mol. The number of amides is 2. The molecule has 0 aliphatic carbocycles. The van der Waals surface area contributed by atoms with Crippen LogP contribution in [-0.2, 0) is 53.7 Å². The molecule has 0 fully saturated rings. The molecule has 0 bridgehead atoms. The van der Waals surface area contributed by atoms with E-state index in [9.17, 15) is 35.5 Å². The van der Waals surface area contributed by atoms with Crippen molar-refractivity contribution in [1.29, 1.82) is 0 Å². The third kappa shape index (κ3) is 15.8. The quantitative estimate of drug-likeness (QED) is 0.00575. The lowest BCUT2D eigenvalue weighted by molar-refractivity contribution is -0.437. The average Bonchev–Trinajstić information content (AvgIpc) is 2.33. The summed E-state index contributed by atoms with van der Waals surface area (Å²) in [5.41, 5.74) is 11.9. The van der Waals surface area contributed by atoms with Gasteiger partial charge >= 0.3 is 0 Å². The molecular formula is C69H79N6O8S2+. The highest BCUT2D eigenvalue weighted by atomic mass is 32.2. The fourth-order valence-corrected chi connectivity index (χ4v) is 12.4. The van der Waals surface area contributed by atoms with Gasteiger partial charge in [-0.2, -0.15) is 21.4 Å². The van der Waals surface area contributed by atoms with Crippen molar-refractivity contribution in [3.63, 3.8) is 0 Å². The van der Waals surface area contributed by atoms with E-state index in [1.807, 2.05) is 72.8 Å². The van der Waals surface area contributed by atoms with Crippen molar-refractivity contribution in [2.24, 2.45) is 0 Å². The zero-order valence-electron chi connectivity index (χ0n) is 49.6. The summed E-state index contributed by atoms with van der Waals surface area (Å²) in [5.74, 6) is 5.88. The number of nitrogens with zero attached hydrogens (tertiary/aromatic N) is 2. The number of hydrogen-bond acceptors (Lipinski definition) is 9. The molecule has 85 heavy (non-hydrogen) atoms. The maximum atomic E-state index is 12.2. The highest BCUT2D eigenvalue weighted by Crippen LogP contribution is 2.48. The number of anilines is 1. The van der Waals surface area contributed by atoms with Crippen LogP contribution < -0.4 is 26.2 Å². The summed E-state index contributed by atoms with van der Waals surface area (Å²) in [5, 5.41) is 17.7. The van der Waals surface area contributed by atoms with Crippen molar-refractivity contribution in [3.8, 4) is 23.0 Å². The maximum absolute atomic E-state index is 12.2. The molecule has 0 spiro atoms. The molecule has 0 saturated heterocycles. The Morgan fingerprint density at radius 3 is 1.79 bits per heavy atom. The van der Waals surface area contributed by atoms with E-state index in [1.165, 1.54) is 11.1 Å². The van der Waals surface area contributed by atoms with E-state index >= 15 is 0 Å². The maximum Gasteiger partial charge on any atom is 0.265 e. The van der Waals surface area contributed by atoms with Gasteiger partial charge in [0.25, 0.3) is 20.2 Å². The lowest BCUT2D eigenvalue weighted by atomic mass is 9.81. The molecule has 2 aliphatic rings. The van der Waals surface area contributed by atoms with E-state index in [2.05, 4.69) is 150 Å². The Bertz CT molecular complexity index is 3980. The minimum absolute atomic E-state index is 0.143. The fourth-order valence-electron chi connectivity index (χ4n) is 11.4. The molecule has 14 nitrogen and oxygen atoms in total. The minimum Gasteiger partial charge on any atom is -0.352 e. The number of carbonyl (C=O) groups is 2. The number of allylic oxidation sites excluding steroid dienone is 6. The number of hydrogen-bond donors (Lipinski definition) is 6. The predicted octanol–water partition coefficient (Wildman–Crippen LogP) is 11.2. The van der Waals surface area contributed by atoms with Crippen molar-refractivity contribution in [1.82, 2.24) is 21.3 Å². The molecule has 16 heteroatoms. The van der Waals surface area contributed by atoms with Gasteiger partial charge in [-0.1, -0.05) is 124 Å².